The fourth-order valence-corrected chi connectivity index (χ4v) is 3.07. The van der Waals surface area contributed by atoms with Crippen molar-refractivity contribution in [3.05, 3.63) is 76.2 Å². The lowest BCUT2D eigenvalue weighted by atomic mass is 10.1. The highest BCUT2D eigenvalue weighted by molar-refractivity contribution is 7.80. The van der Waals surface area contributed by atoms with Gasteiger partial charge in [0, 0.05) is 16.7 Å². The molecule has 0 aliphatic rings. The molecule has 2 heterocycles. The van der Waals surface area contributed by atoms with Crippen molar-refractivity contribution >= 4 is 35.1 Å². The second kappa shape index (κ2) is 8.85. The first kappa shape index (κ1) is 22.4. The molecule has 0 saturated heterocycles. The van der Waals surface area contributed by atoms with Crippen molar-refractivity contribution in [1.29, 1.82) is 0 Å². The molecule has 4 aromatic rings. The molecule has 4 rings (SSSR count). The lowest BCUT2D eigenvalue weighted by Gasteiger charge is -2.05. The zero-order chi connectivity index (χ0) is 16.7. The number of thiol groups is 1. The van der Waals surface area contributed by atoms with Crippen molar-refractivity contribution in [3.8, 4) is 16.9 Å². The molecule has 142 valence electrons. The van der Waals surface area contributed by atoms with Crippen molar-refractivity contribution in [2.75, 3.05) is 0 Å². The first-order valence-electron chi connectivity index (χ1n) is 7.30. The average Bonchev–Trinajstić information content (AvgIpc) is 2.97. The monoisotopic (exact) mass is 406 g/mol. The number of hydrogen-bond donors (Lipinski definition) is 3. The molecule has 0 aliphatic heterocycles. The topological polar surface area (TPSA) is 149 Å². The van der Waals surface area contributed by atoms with E-state index < -0.39 is 0 Å². The predicted molar refractivity (Wildman–Crippen MR) is 112 cm³/mol. The summed E-state index contributed by atoms with van der Waals surface area (Å²) in [6.45, 7) is 0. The Morgan fingerprint density at radius 1 is 1.00 bits per heavy atom. The molecule has 0 saturated carbocycles. The van der Waals surface area contributed by atoms with Gasteiger partial charge in [0.15, 0.2) is 0 Å². The lowest BCUT2D eigenvalue weighted by Crippen LogP contribution is -2.05. The Kier molecular flexibility index (Phi) is 7.35. The highest BCUT2D eigenvalue weighted by Gasteiger charge is 2.17. The number of H-pyrrole nitrogens is 1. The summed E-state index contributed by atoms with van der Waals surface area (Å²) in [5.41, 5.74) is 2.71. The van der Waals surface area contributed by atoms with Gasteiger partial charge in [0.05, 0.1) is 21.6 Å². The highest BCUT2D eigenvalue weighted by Crippen LogP contribution is 2.30. The van der Waals surface area contributed by atoms with E-state index in [1.807, 2.05) is 48.5 Å². The van der Waals surface area contributed by atoms with Gasteiger partial charge in [0.2, 0.25) is 0 Å². The van der Waals surface area contributed by atoms with Gasteiger partial charge in [0.25, 0.3) is 5.56 Å². The molecule has 0 bridgehead atoms. The maximum Gasteiger partial charge on any atom is 0.259 e. The first-order chi connectivity index (χ1) is 11.6. The minimum Gasteiger partial charge on any atom is -0.412 e. The molecule has 0 atom stereocenters. The first-order valence-corrected chi connectivity index (χ1v) is 8.12. The molecule has 7 nitrogen and oxygen atoms in total. The summed E-state index contributed by atoms with van der Waals surface area (Å²) in [7, 11) is 0. The molecular formula is C18H19ClN4O3S. The number of rotatable bonds is 2. The van der Waals surface area contributed by atoms with Crippen LogP contribution < -0.4 is 11.7 Å². The number of aromatic amines is 1. The maximum atomic E-state index is 12.4. The number of para-hydroxylation sites is 1. The molecule has 9 heteroatoms. The molecule has 0 aliphatic carbocycles. The Bertz CT molecular complexity index is 1110. The third-order valence-corrected chi connectivity index (χ3v) is 4.44. The molecule has 2 aromatic heterocycles. The summed E-state index contributed by atoms with van der Waals surface area (Å²) in [5, 5.41) is 5.77. The van der Waals surface area contributed by atoms with Crippen LogP contribution in [0.2, 0.25) is 5.02 Å². The number of hydrogen-bond acceptors (Lipinski definition) is 4. The van der Waals surface area contributed by atoms with Crippen LogP contribution in [0.4, 0.5) is 0 Å². The smallest absolute Gasteiger partial charge is 0.259 e. The summed E-state index contributed by atoms with van der Waals surface area (Å²) in [5.74, 6) is 0. The van der Waals surface area contributed by atoms with Gasteiger partial charge in [-0.3, -0.25) is 4.79 Å². The number of fused-ring (bicyclic) bond motifs is 1. The normalized spacial score (nSPS) is 9.85. The largest absolute Gasteiger partial charge is 0.412 e. The number of halogens is 1. The van der Waals surface area contributed by atoms with E-state index in [9.17, 15) is 4.79 Å². The zero-order valence-corrected chi connectivity index (χ0v) is 15.8. The van der Waals surface area contributed by atoms with Gasteiger partial charge in [-0.2, -0.15) is 5.10 Å². The van der Waals surface area contributed by atoms with Gasteiger partial charge >= 0.3 is 0 Å². The molecule has 0 radical (unpaired) electrons. The standard InChI is InChI=1S/C18H12ClN3OS.H3N.2H2O/c19-13-3-1-2-4-14(13)22-15-9-10-20-18(23)16(15)17(21-22)11-5-7-12(24)8-6-11;;;/h1-10,24H,(H,20,23);1H3;2*1H2. The Balaban J connectivity index is 0.00000121. The van der Waals surface area contributed by atoms with Crippen LogP contribution in [0.3, 0.4) is 0 Å². The predicted octanol–water partition coefficient (Wildman–Crippen LogP) is 2.84. The van der Waals surface area contributed by atoms with Crippen molar-refractivity contribution in [3.63, 3.8) is 0 Å². The Morgan fingerprint density at radius 2 is 1.67 bits per heavy atom. The van der Waals surface area contributed by atoms with Gasteiger partial charge in [-0.1, -0.05) is 35.9 Å². The van der Waals surface area contributed by atoms with Crippen molar-refractivity contribution in [2.45, 2.75) is 4.90 Å². The van der Waals surface area contributed by atoms with E-state index in [2.05, 4.69) is 22.7 Å². The van der Waals surface area contributed by atoms with Crippen LogP contribution in [0.25, 0.3) is 27.8 Å². The quantitative estimate of drug-likeness (QED) is 0.439. The van der Waals surface area contributed by atoms with Crippen LogP contribution >= 0.6 is 24.2 Å². The molecule has 8 N–H and O–H groups in total. The molecule has 0 spiro atoms. The molecule has 0 amide bonds. The van der Waals surface area contributed by atoms with E-state index in [4.69, 9.17) is 11.6 Å². The molecule has 0 unspecified atom stereocenters. The molecule has 27 heavy (non-hydrogen) atoms. The van der Waals surface area contributed by atoms with E-state index in [1.165, 1.54) is 0 Å². The minimum atomic E-state index is -0.184. The minimum absolute atomic E-state index is 0. The second-order valence-corrected chi connectivity index (χ2v) is 6.25. The zero-order valence-electron chi connectivity index (χ0n) is 14.1. The molecule has 2 aromatic carbocycles. The summed E-state index contributed by atoms with van der Waals surface area (Å²) in [6.07, 6.45) is 1.61. The third kappa shape index (κ3) is 3.90. The lowest BCUT2D eigenvalue weighted by molar-refractivity contribution is 0.823. The summed E-state index contributed by atoms with van der Waals surface area (Å²) in [4.78, 5) is 16.0. The van der Waals surface area contributed by atoms with Crippen LogP contribution in [0.5, 0.6) is 0 Å². The Labute approximate surface area is 165 Å². The number of pyridine rings is 1. The number of aromatic nitrogens is 3. The van der Waals surface area contributed by atoms with E-state index in [0.29, 0.717) is 21.6 Å². The third-order valence-electron chi connectivity index (χ3n) is 3.83. The van der Waals surface area contributed by atoms with Gasteiger partial charge in [-0.05, 0) is 30.3 Å². The van der Waals surface area contributed by atoms with Crippen LogP contribution in [0.1, 0.15) is 0 Å². The van der Waals surface area contributed by atoms with Crippen LogP contribution in [-0.4, -0.2) is 25.7 Å². The molecule has 0 fully saturated rings. The Hall–Kier alpha value is -2.62. The van der Waals surface area contributed by atoms with Crippen molar-refractivity contribution in [1.82, 2.24) is 20.9 Å². The van der Waals surface area contributed by atoms with Gasteiger partial charge in [-0.25, -0.2) is 4.68 Å². The summed E-state index contributed by atoms with van der Waals surface area (Å²) in [6, 6.07) is 16.8. The number of benzene rings is 2. The number of nitrogens with zero attached hydrogens (tertiary/aromatic N) is 2. The fraction of sp³-hybridized carbons (Fsp3) is 0. The van der Waals surface area contributed by atoms with Crippen molar-refractivity contribution in [2.24, 2.45) is 0 Å². The summed E-state index contributed by atoms with van der Waals surface area (Å²) >= 11 is 10.6. The fourth-order valence-electron chi connectivity index (χ4n) is 2.71. The second-order valence-electron chi connectivity index (χ2n) is 5.33. The highest BCUT2D eigenvalue weighted by atomic mass is 35.5. The van der Waals surface area contributed by atoms with Crippen molar-refractivity contribution < 1.29 is 11.0 Å². The number of nitrogens with one attached hydrogen (secondary N) is 1. The summed E-state index contributed by atoms with van der Waals surface area (Å²) < 4.78 is 1.71. The van der Waals surface area contributed by atoms with Crippen LogP contribution in [-0.2, 0) is 0 Å². The van der Waals surface area contributed by atoms with E-state index in [-0.39, 0.29) is 22.7 Å². The van der Waals surface area contributed by atoms with E-state index in [1.54, 1.807) is 16.9 Å². The van der Waals surface area contributed by atoms with E-state index >= 15 is 0 Å². The Morgan fingerprint density at radius 3 is 2.33 bits per heavy atom. The van der Waals surface area contributed by atoms with Gasteiger partial charge in [0.1, 0.15) is 5.69 Å². The van der Waals surface area contributed by atoms with E-state index in [0.717, 1.165) is 16.1 Å². The van der Waals surface area contributed by atoms with Crippen LogP contribution in [0.15, 0.2) is 70.5 Å². The van der Waals surface area contributed by atoms with Gasteiger partial charge < -0.3 is 22.1 Å². The molecular weight excluding hydrogens is 388 g/mol. The van der Waals surface area contributed by atoms with Gasteiger partial charge in [-0.15, -0.1) is 12.6 Å². The average molecular weight is 407 g/mol. The maximum absolute atomic E-state index is 12.4. The SMILES string of the molecule is N.O.O.O=c1[nH]ccc2c1c(-c1ccc(S)cc1)nn2-c1ccccc1Cl. The van der Waals surface area contributed by atoms with Crippen LogP contribution in [0, 0.1) is 0 Å².